The summed E-state index contributed by atoms with van der Waals surface area (Å²) in [5.74, 6) is 0.636. The molecule has 3 rings (SSSR count). The summed E-state index contributed by atoms with van der Waals surface area (Å²) in [7, 11) is 1.53. The van der Waals surface area contributed by atoms with Gasteiger partial charge in [-0.15, -0.1) is 0 Å². The van der Waals surface area contributed by atoms with Gasteiger partial charge in [-0.2, -0.15) is 26.3 Å². The van der Waals surface area contributed by atoms with Crippen molar-refractivity contribution in [1.82, 2.24) is 5.32 Å². The lowest BCUT2D eigenvalue weighted by Crippen LogP contribution is -2.18. The highest BCUT2D eigenvalue weighted by Crippen LogP contribution is 2.38. The Balaban J connectivity index is 1.88. The zero-order valence-electron chi connectivity index (χ0n) is 17.9. The number of alkyl halides is 6. The number of anilines is 1. The van der Waals surface area contributed by atoms with E-state index in [0.29, 0.717) is 34.6 Å². The van der Waals surface area contributed by atoms with Crippen molar-refractivity contribution < 1.29 is 35.9 Å². The van der Waals surface area contributed by atoms with Crippen molar-refractivity contribution in [1.29, 1.82) is 0 Å². The predicted octanol–water partition coefficient (Wildman–Crippen LogP) is 6.56. The van der Waals surface area contributed by atoms with Crippen LogP contribution in [0.1, 0.15) is 29.2 Å². The Morgan fingerprint density at radius 3 is 2.44 bits per heavy atom. The topological polar surface area (TPSA) is 62.7 Å². The first-order valence-corrected chi connectivity index (χ1v) is 10.7. The lowest BCUT2D eigenvalue weighted by molar-refractivity contribution is -0.143. The molecule has 1 saturated heterocycles. The number of thioether (sulfide) groups is 1. The SMILES string of the molecule is CCNc1cc(C=C2SC(=O)NC2=NC)ccc1OCc1ccc(C(F)(F)F)cc1C(F)(F)F. The maximum Gasteiger partial charge on any atom is 0.416 e. The average Bonchev–Trinajstić information content (AvgIpc) is 3.11. The highest BCUT2D eigenvalue weighted by molar-refractivity contribution is 8.18. The Kier molecular flexibility index (Phi) is 7.49. The van der Waals surface area contributed by atoms with E-state index >= 15 is 0 Å². The van der Waals surface area contributed by atoms with Gasteiger partial charge < -0.3 is 15.4 Å². The van der Waals surface area contributed by atoms with Crippen LogP contribution in [0, 0.1) is 0 Å². The van der Waals surface area contributed by atoms with Crippen LogP contribution in [0.3, 0.4) is 0 Å². The number of amidine groups is 1. The molecule has 2 N–H and O–H groups in total. The molecule has 182 valence electrons. The van der Waals surface area contributed by atoms with E-state index in [1.165, 1.54) is 13.1 Å². The van der Waals surface area contributed by atoms with Crippen LogP contribution in [0.5, 0.6) is 5.75 Å². The third-order valence-electron chi connectivity index (χ3n) is 4.67. The number of amides is 1. The van der Waals surface area contributed by atoms with Crippen LogP contribution in [-0.2, 0) is 19.0 Å². The number of benzene rings is 2. The average molecular weight is 503 g/mol. The highest BCUT2D eigenvalue weighted by Gasteiger charge is 2.38. The molecule has 0 radical (unpaired) electrons. The molecule has 1 fully saturated rings. The number of ether oxygens (including phenoxy) is 1. The molecular formula is C22H19F6N3O2S. The predicted molar refractivity (Wildman–Crippen MR) is 119 cm³/mol. The van der Waals surface area contributed by atoms with E-state index in [9.17, 15) is 31.1 Å². The summed E-state index contributed by atoms with van der Waals surface area (Å²) >= 11 is 0.973. The number of carbonyl (C=O) groups excluding carboxylic acids is 1. The zero-order chi connectivity index (χ0) is 25.1. The second-order valence-corrected chi connectivity index (χ2v) is 8.05. The number of hydrogen-bond acceptors (Lipinski definition) is 5. The monoisotopic (exact) mass is 503 g/mol. The molecule has 12 heteroatoms. The minimum atomic E-state index is -4.98. The molecule has 1 amide bonds. The van der Waals surface area contributed by atoms with Crippen molar-refractivity contribution in [3.8, 4) is 5.75 Å². The molecule has 0 aliphatic carbocycles. The molecule has 0 atom stereocenters. The second kappa shape index (κ2) is 10.00. The second-order valence-electron chi connectivity index (χ2n) is 7.04. The van der Waals surface area contributed by atoms with Crippen molar-refractivity contribution in [2.75, 3.05) is 18.9 Å². The third kappa shape index (κ3) is 6.04. The van der Waals surface area contributed by atoms with E-state index in [-0.39, 0.29) is 17.1 Å². The van der Waals surface area contributed by atoms with E-state index in [1.54, 1.807) is 18.2 Å². The Hall–Kier alpha value is -3.15. The number of nitrogens with one attached hydrogen (secondary N) is 2. The lowest BCUT2D eigenvalue weighted by Gasteiger charge is -2.18. The largest absolute Gasteiger partial charge is 0.487 e. The summed E-state index contributed by atoms with van der Waals surface area (Å²) in [6.07, 6.45) is -8.17. The number of carbonyl (C=O) groups is 1. The number of nitrogens with zero attached hydrogens (tertiary/aromatic N) is 1. The van der Waals surface area contributed by atoms with Gasteiger partial charge in [-0.1, -0.05) is 12.1 Å². The molecule has 0 bridgehead atoms. The van der Waals surface area contributed by atoms with Crippen LogP contribution in [0.25, 0.3) is 6.08 Å². The first-order chi connectivity index (χ1) is 15.9. The first-order valence-electron chi connectivity index (χ1n) is 9.88. The van der Waals surface area contributed by atoms with Gasteiger partial charge >= 0.3 is 12.4 Å². The third-order valence-corrected chi connectivity index (χ3v) is 5.49. The molecule has 0 unspecified atom stereocenters. The van der Waals surface area contributed by atoms with Gasteiger partial charge in [0, 0.05) is 19.2 Å². The number of rotatable bonds is 6. The Labute approximate surface area is 195 Å². The summed E-state index contributed by atoms with van der Waals surface area (Å²) in [6.45, 7) is 1.69. The van der Waals surface area contributed by atoms with Crippen molar-refractivity contribution in [2.24, 2.45) is 4.99 Å². The van der Waals surface area contributed by atoms with Gasteiger partial charge in [0.15, 0.2) is 0 Å². The molecule has 2 aromatic rings. The van der Waals surface area contributed by atoms with Crippen molar-refractivity contribution in [3.05, 3.63) is 63.6 Å². The van der Waals surface area contributed by atoms with E-state index in [1.807, 2.05) is 6.92 Å². The lowest BCUT2D eigenvalue weighted by atomic mass is 10.0. The Bertz CT molecular complexity index is 1140. The summed E-state index contributed by atoms with van der Waals surface area (Å²) < 4.78 is 84.4. The summed E-state index contributed by atoms with van der Waals surface area (Å²) in [4.78, 5) is 16.2. The van der Waals surface area contributed by atoms with Gasteiger partial charge in [-0.3, -0.25) is 9.79 Å². The van der Waals surface area contributed by atoms with Crippen molar-refractivity contribution in [2.45, 2.75) is 25.9 Å². The zero-order valence-corrected chi connectivity index (χ0v) is 18.7. The molecule has 1 aliphatic heterocycles. The van der Waals surface area contributed by atoms with Gasteiger partial charge in [0.2, 0.25) is 0 Å². The van der Waals surface area contributed by atoms with Crippen LogP contribution < -0.4 is 15.4 Å². The molecular weight excluding hydrogens is 484 g/mol. The van der Waals surface area contributed by atoms with Gasteiger partial charge in [0.1, 0.15) is 18.2 Å². The summed E-state index contributed by atoms with van der Waals surface area (Å²) in [5.41, 5.74) is -2.08. The molecule has 34 heavy (non-hydrogen) atoms. The fourth-order valence-corrected chi connectivity index (χ4v) is 3.92. The summed E-state index contributed by atoms with van der Waals surface area (Å²) in [5, 5.41) is 5.37. The standard InChI is InChI=1S/C22H19F6N3O2S/c1-3-30-16-8-12(9-18-19(29-2)31-20(32)34-18)4-7-17(16)33-11-13-5-6-14(21(23,24)25)10-15(13)22(26,27)28/h4-10,30H,3,11H2,1-2H3,(H,29,31,32). The van der Waals surface area contributed by atoms with Crippen LogP contribution in [0.4, 0.5) is 36.8 Å². The fourth-order valence-electron chi connectivity index (χ4n) is 3.14. The Morgan fingerprint density at radius 1 is 1.09 bits per heavy atom. The van der Waals surface area contributed by atoms with Crippen molar-refractivity contribution in [3.63, 3.8) is 0 Å². The molecule has 1 heterocycles. The minimum absolute atomic E-state index is 0.0840. The molecule has 0 saturated carbocycles. The van der Waals surface area contributed by atoms with E-state index in [4.69, 9.17) is 4.74 Å². The number of hydrogen-bond donors (Lipinski definition) is 2. The maximum atomic E-state index is 13.4. The quantitative estimate of drug-likeness (QED) is 0.439. The molecule has 0 aromatic heterocycles. The highest BCUT2D eigenvalue weighted by atomic mass is 32.2. The van der Waals surface area contributed by atoms with Crippen LogP contribution >= 0.6 is 11.8 Å². The normalized spacial score (nSPS) is 16.8. The molecule has 1 aliphatic rings. The smallest absolute Gasteiger partial charge is 0.416 e. The number of aliphatic imine (C=N–C) groups is 1. The van der Waals surface area contributed by atoms with Gasteiger partial charge in [-0.25, -0.2) is 0 Å². The first kappa shape index (κ1) is 25.5. The van der Waals surface area contributed by atoms with Crippen LogP contribution in [0.2, 0.25) is 0 Å². The van der Waals surface area contributed by atoms with Crippen molar-refractivity contribution >= 4 is 34.6 Å². The van der Waals surface area contributed by atoms with Crippen LogP contribution in [-0.4, -0.2) is 24.7 Å². The van der Waals surface area contributed by atoms with E-state index < -0.39 is 35.6 Å². The van der Waals surface area contributed by atoms with Gasteiger partial charge in [-0.05, 0) is 54.6 Å². The van der Waals surface area contributed by atoms with E-state index in [0.717, 1.165) is 17.8 Å². The van der Waals surface area contributed by atoms with Gasteiger partial charge in [0.25, 0.3) is 5.24 Å². The molecule has 0 spiro atoms. The van der Waals surface area contributed by atoms with Gasteiger partial charge in [0.05, 0.1) is 21.7 Å². The Morgan fingerprint density at radius 2 is 1.82 bits per heavy atom. The van der Waals surface area contributed by atoms with E-state index in [2.05, 4.69) is 15.6 Å². The van der Waals surface area contributed by atoms with Crippen LogP contribution in [0.15, 0.2) is 46.3 Å². The number of halogens is 6. The molecule has 2 aromatic carbocycles. The molecule has 5 nitrogen and oxygen atoms in total. The maximum absolute atomic E-state index is 13.4. The summed E-state index contributed by atoms with van der Waals surface area (Å²) in [6, 6.07) is 6.29. The minimum Gasteiger partial charge on any atom is -0.487 e. The fraction of sp³-hybridized carbons (Fsp3) is 0.273.